The topological polar surface area (TPSA) is 124 Å². The van der Waals surface area contributed by atoms with Crippen LogP contribution in [-0.2, 0) is 6.54 Å². The van der Waals surface area contributed by atoms with Gasteiger partial charge in [-0.1, -0.05) is 48.9 Å². The van der Waals surface area contributed by atoms with Crippen LogP contribution in [0.5, 0.6) is 0 Å². The Hall–Kier alpha value is -4.70. The molecule has 10 nitrogen and oxygen atoms in total. The Labute approximate surface area is 227 Å². The molecule has 11 heteroatoms. The van der Waals surface area contributed by atoms with Crippen molar-refractivity contribution in [2.45, 2.75) is 25.8 Å². The SMILES string of the molecule is CCC(CN1C(=O)c2ccccc2C1=O)c1nnc2n1-c1ccc([N+](=O)[O-])cc1C(c1ccccc1Cl)=NC2. The van der Waals surface area contributed by atoms with Crippen molar-refractivity contribution in [2.24, 2.45) is 4.99 Å². The Kier molecular flexibility index (Phi) is 6.03. The number of aromatic nitrogens is 3. The molecule has 1 aromatic heterocycles. The summed E-state index contributed by atoms with van der Waals surface area (Å²) in [6.07, 6.45) is 0.562. The number of non-ortho nitro benzene ring substituents is 1. The third-order valence-electron chi connectivity index (χ3n) is 7.09. The number of halogens is 1. The van der Waals surface area contributed by atoms with Crippen LogP contribution in [0.15, 0.2) is 71.7 Å². The van der Waals surface area contributed by atoms with Crippen molar-refractivity contribution in [1.82, 2.24) is 19.7 Å². The highest BCUT2D eigenvalue weighted by molar-refractivity contribution is 6.35. The fourth-order valence-corrected chi connectivity index (χ4v) is 5.34. The van der Waals surface area contributed by atoms with Crippen molar-refractivity contribution >= 4 is 34.8 Å². The average Bonchev–Trinajstić information content (AvgIpc) is 3.41. The van der Waals surface area contributed by atoms with Crippen molar-refractivity contribution in [2.75, 3.05) is 6.54 Å². The van der Waals surface area contributed by atoms with Gasteiger partial charge in [0.25, 0.3) is 17.5 Å². The molecule has 0 saturated carbocycles. The van der Waals surface area contributed by atoms with Crippen molar-refractivity contribution in [3.63, 3.8) is 0 Å². The van der Waals surface area contributed by atoms with Crippen LogP contribution in [-0.4, -0.2) is 48.7 Å². The lowest BCUT2D eigenvalue weighted by molar-refractivity contribution is -0.384. The summed E-state index contributed by atoms with van der Waals surface area (Å²) in [5.41, 5.74) is 2.93. The molecule has 0 radical (unpaired) electrons. The molecule has 1 atom stereocenters. The van der Waals surface area contributed by atoms with Gasteiger partial charge < -0.3 is 0 Å². The Morgan fingerprint density at radius 3 is 2.26 bits per heavy atom. The molecule has 2 aliphatic rings. The van der Waals surface area contributed by atoms with E-state index >= 15 is 0 Å². The minimum atomic E-state index is -0.458. The number of nitro benzene ring substituents is 1. The Bertz CT molecular complexity index is 1680. The predicted molar refractivity (Wildman–Crippen MR) is 144 cm³/mol. The number of rotatable bonds is 6. The number of carbonyl (C=O) groups is 2. The first-order chi connectivity index (χ1) is 18.9. The van der Waals surface area contributed by atoms with Crippen molar-refractivity contribution in [3.8, 4) is 5.69 Å². The van der Waals surface area contributed by atoms with Gasteiger partial charge in [-0.2, -0.15) is 0 Å². The molecule has 0 bridgehead atoms. The molecule has 0 fully saturated rings. The number of imide groups is 1. The van der Waals surface area contributed by atoms with Crippen LogP contribution in [0.25, 0.3) is 5.69 Å². The molecule has 0 aliphatic carbocycles. The van der Waals surface area contributed by atoms with Crippen LogP contribution < -0.4 is 0 Å². The second-order valence-corrected chi connectivity index (χ2v) is 9.69. The first-order valence-corrected chi connectivity index (χ1v) is 12.7. The zero-order chi connectivity index (χ0) is 27.3. The second-order valence-electron chi connectivity index (χ2n) is 9.28. The average molecular weight is 541 g/mol. The van der Waals surface area contributed by atoms with Crippen molar-refractivity contribution in [1.29, 1.82) is 0 Å². The maximum absolute atomic E-state index is 13.1. The van der Waals surface area contributed by atoms with Crippen molar-refractivity contribution in [3.05, 3.63) is 116 Å². The third-order valence-corrected chi connectivity index (χ3v) is 7.42. The quantitative estimate of drug-likeness (QED) is 0.193. The minimum Gasteiger partial charge on any atom is -0.280 e. The maximum Gasteiger partial charge on any atom is 0.270 e. The lowest BCUT2D eigenvalue weighted by atomic mass is 9.99. The Morgan fingerprint density at radius 2 is 1.62 bits per heavy atom. The highest BCUT2D eigenvalue weighted by Gasteiger charge is 2.38. The number of hydrogen-bond donors (Lipinski definition) is 0. The van der Waals surface area contributed by atoms with Crippen LogP contribution in [0, 0.1) is 10.1 Å². The van der Waals surface area contributed by atoms with E-state index in [0.717, 1.165) is 0 Å². The van der Waals surface area contributed by atoms with Gasteiger partial charge in [-0.3, -0.25) is 34.2 Å². The molecule has 4 aromatic rings. The smallest absolute Gasteiger partial charge is 0.270 e. The van der Waals surface area contributed by atoms with Gasteiger partial charge in [0.2, 0.25) is 0 Å². The van der Waals surface area contributed by atoms with Gasteiger partial charge in [-0.05, 0) is 30.7 Å². The number of aliphatic imine (C=N–C) groups is 1. The van der Waals surface area contributed by atoms with Gasteiger partial charge >= 0.3 is 0 Å². The molecule has 6 rings (SSSR count). The summed E-state index contributed by atoms with van der Waals surface area (Å²) >= 11 is 6.51. The van der Waals surface area contributed by atoms with E-state index in [1.54, 1.807) is 42.5 Å². The Morgan fingerprint density at radius 1 is 0.949 bits per heavy atom. The van der Waals surface area contributed by atoms with Crippen molar-refractivity contribution < 1.29 is 14.5 Å². The molecule has 2 aliphatic heterocycles. The standard InChI is InChI=1S/C28H21ClN6O4/c1-2-16(15-33-27(36)18-7-3-4-8-19(18)28(33)37)26-32-31-24-14-30-25(20-9-5-6-10-22(20)29)21-13-17(35(38)39)11-12-23(21)34(24)26/h3-13,16H,2,14-15H2,1H3. The summed E-state index contributed by atoms with van der Waals surface area (Å²) in [4.78, 5) is 43.4. The van der Waals surface area contributed by atoms with Crippen LogP contribution in [0.1, 0.15) is 62.8 Å². The summed E-state index contributed by atoms with van der Waals surface area (Å²) in [6.45, 7) is 2.21. The summed E-state index contributed by atoms with van der Waals surface area (Å²) < 4.78 is 1.83. The van der Waals surface area contributed by atoms with Crippen LogP contribution in [0.2, 0.25) is 5.02 Å². The normalized spacial score (nSPS) is 14.8. The number of fused-ring (bicyclic) bond motifs is 4. The molecule has 39 heavy (non-hydrogen) atoms. The zero-order valence-corrected chi connectivity index (χ0v) is 21.5. The van der Waals surface area contributed by atoms with Crippen LogP contribution >= 0.6 is 11.6 Å². The lowest BCUT2D eigenvalue weighted by Crippen LogP contribution is -2.34. The highest BCUT2D eigenvalue weighted by Crippen LogP contribution is 2.34. The molecular weight excluding hydrogens is 520 g/mol. The second kappa shape index (κ2) is 9.55. The minimum absolute atomic E-state index is 0.0929. The van der Waals surface area contributed by atoms with E-state index in [0.29, 0.717) is 56.7 Å². The van der Waals surface area contributed by atoms with E-state index in [1.807, 2.05) is 23.6 Å². The summed E-state index contributed by atoms with van der Waals surface area (Å²) in [5, 5.41) is 21.0. The largest absolute Gasteiger partial charge is 0.280 e. The fourth-order valence-electron chi connectivity index (χ4n) is 5.12. The van der Waals surface area contributed by atoms with Crippen LogP contribution in [0.3, 0.4) is 0 Å². The van der Waals surface area contributed by atoms with Gasteiger partial charge in [0.15, 0.2) is 5.82 Å². The number of nitrogens with zero attached hydrogens (tertiary/aromatic N) is 6. The number of nitro groups is 1. The molecule has 194 valence electrons. The number of carbonyl (C=O) groups excluding carboxylic acids is 2. The number of amides is 2. The van der Waals surface area contributed by atoms with Crippen LogP contribution in [0.4, 0.5) is 5.69 Å². The predicted octanol–water partition coefficient (Wildman–Crippen LogP) is 4.97. The first-order valence-electron chi connectivity index (χ1n) is 12.4. The Balaban J connectivity index is 1.45. The van der Waals surface area contributed by atoms with E-state index in [2.05, 4.69) is 10.2 Å². The number of benzene rings is 3. The molecular formula is C28H21ClN6O4. The van der Waals surface area contributed by atoms with Gasteiger partial charge in [0.1, 0.15) is 12.4 Å². The molecule has 3 aromatic carbocycles. The van der Waals surface area contributed by atoms with E-state index in [9.17, 15) is 19.7 Å². The molecule has 2 amide bonds. The molecule has 3 heterocycles. The van der Waals surface area contributed by atoms with E-state index in [1.165, 1.54) is 17.0 Å². The van der Waals surface area contributed by atoms with Gasteiger partial charge in [-0.15, -0.1) is 10.2 Å². The summed E-state index contributed by atoms with van der Waals surface area (Å²) in [7, 11) is 0. The van der Waals surface area contributed by atoms with Gasteiger partial charge in [-0.25, -0.2) is 0 Å². The van der Waals surface area contributed by atoms with E-state index < -0.39 is 4.92 Å². The first kappa shape index (κ1) is 24.6. The van der Waals surface area contributed by atoms with Gasteiger partial charge in [0, 0.05) is 40.7 Å². The third kappa shape index (κ3) is 4.00. The molecule has 0 saturated heterocycles. The molecule has 0 spiro atoms. The van der Waals surface area contributed by atoms with Gasteiger partial charge in [0.05, 0.1) is 27.4 Å². The maximum atomic E-state index is 13.1. The lowest BCUT2D eigenvalue weighted by Gasteiger charge is -2.22. The summed E-state index contributed by atoms with van der Waals surface area (Å²) in [5.74, 6) is 0.0335. The van der Waals surface area contributed by atoms with E-state index in [-0.39, 0.29) is 36.5 Å². The summed E-state index contributed by atoms with van der Waals surface area (Å²) in [6, 6.07) is 18.5. The highest BCUT2D eigenvalue weighted by atomic mass is 35.5. The monoisotopic (exact) mass is 540 g/mol. The number of hydrogen-bond acceptors (Lipinski definition) is 7. The fraction of sp³-hybridized carbons (Fsp3) is 0.179. The molecule has 1 unspecified atom stereocenters. The van der Waals surface area contributed by atoms with E-state index in [4.69, 9.17) is 16.6 Å². The molecule has 0 N–H and O–H groups in total. The zero-order valence-electron chi connectivity index (χ0n) is 20.7.